The van der Waals surface area contributed by atoms with Crippen molar-refractivity contribution in [1.82, 2.24) is 29.1 Å². The summed E-state index contributed by atoms with van der Waals surface area (Å²) < 4.78 is 18.0. The number of fused-ring (bicyclic) bond motifs is 14. The summed E-state index contributed by atoms with van der Waals surface area (Å²) in [6, 6.07) is 67.7. The van der Waals surface area contributed by atoms with Crippen molar-refractivity contribution in [2.24, 2.45) is 0 Å². The van der Waals surface area contributed by atoms with Gasteiger partial charge in [-0.1, -0.05) is 166 Å². The van der Waals surface area contributed by atoms with E-state index in [0.717, 1.165) is 93.4 Å². The van der Waals surface area contributed by atoms with Gasteiger partial charge in [-0.2, -0.15) is 9.97 Å². The van der Waals surface area contributed by atoms with Crippen LogP contribution in [0.15, 0.2) is 203 Å². The lowest BCUT2D eigenvalue weighted by atomic mass is 9.82. The molecule has 1 aliphatic carbocycles. The molecule has 9 aromatic carbocycles. The Hall–Kier alpha value is -9.14. The van der Waals surface area contributed by atoms with E-state index >= 15 is 0 Å². The normalized spacial score (nSPS) is 13.2. The van der Waals surface area contributed by atoms with Gasteiger partial charge in [0, 0.05) is 48.9 Å². The zero-order valence-corrected chi connectivity index (χ0v) is 37.5. The molecule has 0 N–H and O–H groups in total. The number of rotatable bonds is 5. The maximum Gasteiger partial charge on any atom is 0.238 e. The van der Waals surface area contributed by atoms with Crippen LogP contribution in [-0.4, -0.2) is 29.1 Å². The topological polar surface area (TPSA) is 87.7 Å². The van der Waals surface area contributed by atoms with Gasteiger partial charge >= 0.3 is 0 Å². The van der Waals surface area contributed by atoms with Gasteiger partial charge in [-0.25, -0.2) is 9.97 Å². The molecule has 0 aliphatic heterocycles. The van der Waals surface area contributed by atoms with Gasteiger partial charge in [0.2, 0.25) is 11.8 Å². The van der Waals surface area contributed by atoms with Crippen LogP contribution in [0.1, 0.15) is 25.0 Å². The minimum absolute atomic E-state index is 0.195. The van der Waals surface area contributed by atoms with Crippen LogP contribution in [0.3, 0.4) is 0 Å². The quantitative estimate of drug-likeness (QED) is 0.171. The largest absolute Gasteiger partial charge is 0.455 e. The summed E-state index contributed by atoms with van der Waals surface area (Å²) in [6.07, 6.45) is 0. The third kappa shape index (κ3) is 5.34. The first kappa shape index (κ1) is 38.0. The molecular formula is C61H38N6O2. The van der Waals surface area contributed by atoms with Crippen molar-refractivity contribution < 1.29 is 8.83 Å². The molecule has 0 spiro atoms. The van der Waals surface area contributed by atoms with Crippen LogP contribution in [0.25, 0.3) is 134 Å². The summed E-state index contributed by atoms with van der Waals surface area (Å²) in [5.41, 5.74) is 15.4. The molecule has 1 aliphatic rings. The molecule has 0 fully saturated rings. The third-order valence-corrected chi connectivity index (χ3v) is 14.4. The van der Waals surface area contributed by atoms with E-state index in [2.05, 4.69) is 163 Å². The van der Waals surface area contributed by atoms with Crippen LogP contribution < -0.4 is 0 Å². The average molecular weight is 887 g/mol. The fourth-order valence-electron chi connectivity index (χ4n) is 11.3. The van der Waals surface area contributed by atoms with Gasteiger partial charge in [-0.15, -0.1) is 0 Å². The Labute approximate surface area is 394 Å². The highest BCUT2D eigenvalue weighted by Gasteiger charge is 2.36. The van der Waals surface area contributed by atoms with Crippen LogP contribution >= 0.6 is 0 Å². The molecule has 69 heavy (non-hydrogen) atoms. The van der Waals surface area contributed by atoms with Crippen molar-refractivity contribution >= 4 is 76.6 Å². The molecule has 5 heterocycles. The molecule has 5 aromatic heterocycles. The molecule has 0 radical (unpaired) electrons. The van der Waals surface area contributed by atoms with E-state index in [-0.39, 0.29) is 5.41 Å². The number of nitrogens with zero attached hydrogens (tertiary/aromatic N) is 6. The summed E-state index contributed by atoms with van der Waals surface area (Å²) in [4.78, 5) is 21.3. The highest BCUT2D eigenvalue weighted by atomic mass is 16.4. The van der Waals surface area contributed by atoms with Crippen molar-refractivity contribution in [2.75, 3.05) is 0 Å². The molecule has 14 aromatic rings. The second-order valence-corrected chi connectivity index (χ2v) is 18.6. The summed E-state index contributed by atoms with van der Waals surface area (Å²) in [5, 5.41) is 6.43. The van der Waals surface area contributed by atoms with Crippen LogP contribution in [-0.2, 0) is 5.41 Å². The number of para-hydroxylation sites is 5. The van der Waals surface area contributed by atoms with E-state index in [4.69, 9.17) is 28.8 Å². The molecular weight excluding hydrogens is 849 g/mol. The predicted molar refractivity (Wildman–Crippen MR) is 277 cm³/mol. The van der Waals surface area contributed by atoms with Crippen molar-refractivity contribution in [3.8, 4) is 57.0 Å². The maximum atomic E-state index is 6.96. The molecule has 15 rings (SSSR count). The van der Waals surface area contributed by atoms with Gasteiger partial charge in [0.15, 0.2) is 17.2 Å². The molecule has 0 bridgehead atoms. The fourth-order valence-corrected chi connectivity index (χ4v) is 11.3. The van der Waals surface area contributed by atoms with Crippen LogP contribution in [0, 0.1) is 0 Å². The Balaban J connectivity index is 1.01. The standard InChI is InChI=1S/C61H38N6O2/c1-61(2)46-24-10-6-18-37(46)38-31-30-36(34-47(38)61)58-63-57(35-16-4-3-5-17-35)64-60(65-58)67-50-27-12-8-20-40(50)43-33-32-42-39-19-7-11-26-49(39)66(53(42)54(43)67)51-28-15-25-48-56(51)69-59(62-48)45-23-14-22-44-41-21-9-13-29-52(41)68-55(44)45/h3-34H,1-2H3. The lowest BCUT2D eigenvalue weighted by Crippen LogP contribution is -2.15. The van der Waals surface area contributed by atoms with Crippen molar-refractivity contribution in [3.05, 3.63) is 205 Å². The van der Waals surface area contributed by atoms with Crippen LogP contribution in [0.4, 0.5) is 0 Å². The van der Waals surface area contributed by atoms with E-state index < -0.39 is 0 Å². The Bertz CT molecular complexity index is 4470. The van der Waals surface area contributed by atoms with E-state index in [1.54, 1.807) is 0 Å². The Morgan fingerprint density at radius 2 is 1.03 bits per heavy atom. The molecule has 8 nitrogen and oxygen atoms in total. The van der Waals surface area contributed by atoms with E-state index in [1.165, 1.54) is 22.3 Å². The van der Waals surface area contributed by atoms with Crippen LogP contribution in [0.2, 0.25) is 0 Å². The Morgan fingerprint density at radius 1 is 0.406 bits per heavy atom. The highest BCUT2D eigenvalue weighted by Crippen LogP contribution is 2.50. The lowest BCUT2D eigenvalue weighted by molar-refractivity contribution is 0.613. The number of furan rings is 1. The average Bonchev–Trinajstić information content (AvgIpc) is 4.21. The monoisotopic (exact) mass is 886 g/mol. The lowest BCUT2D eigenvalue weighted by Gasteiger charge is -2.21. The summed E-state index contributed by atoms with van der Waals surface area (Å²) >= 11 is 0. The smallest absolute Gasteiger partial charge is 0.238 e. The number of oxazole rings is 1. The van der Waals surface area contributed by atoms with E-state index in [0.29, 0.717) is 29.1 Å². The minimum Gasteiger partial charge on any atom is -0.455 e. The van der Waals surface area contributed by atoms with Gasteiger partial charge in [0.1, 0.15) is 16.7 Å². The van der Waals surface area contributed by atoms with E-state index in [9.17, 15) is 0 Å². The fraction of sp³-hybridized carbons (Fsp3) is 0.0492. The molecule has 0 atom stereocenters. The molecule has 0 amide bonds. The number of hydrogen-bond acceptors (Lipinski definition) is 6. The van der Waals surface area contributed by atoms with Gasteiger partial charge in [-0.05, 0) is 64.7 Å². The zero-order chi connectivity index (χ0) is 45.5. The van der Waals surface area contributed by atoms with Gasteiger partial charge in [-0.3, -0.25) is 4.57 Å². The highest BCUT2D eigenvalue weighted by molar-refractivity contribution is 6.24. The Morgan fingerprint density at radius 3 is 1.84 bits per heavy atom. The second-order valence-electron chi connectivity index (χ2n) is 18.6. The Kier molecular flexibility index (Phi) is 7.68. The third-order valence-electron chi connectivity index (χ3n) is 14.4. The summed E-state index contributed by atoms with van der Waals surface area (Å²) in [5.74, 6) is 2.21. The first-order valence-corrected chi connectivity index (χ1v) is 23.3. The zero-order valence-electron chi connectivity index (χ0n) is 37.5. The van der Waals surface area contributed by atoms with Crippen molar-refractivity contribution in [3.63, 3.8) is 0 Å². The molecule has 0 saturated carbocycles. The maximum absolute atomic E-state index is 6.96. The summed E-state index contributed by atoms with van der Waals surface area (Å²) in [6.45, 7) is 4.61. The molecule has 0 unspecified atom stereocenters. The second kappa shape index (κ2) is 13.9. The van der Waals surface area contributed by atoms with E-state index in [1.807, 2.05) is 54.6 Å². The van der Waals surface area contributed by atoms with Crippen molar-refractivity contribution in [1.29, 1.82) is 0 Å². The van der Waals surface area contributed by atoms with Gasteiger partial charge < -0.3 is 13.4 Å². The van der Waals surface area contributed by atoms with Crippen molar-refractivity contribution in [2.45, 2.75) is 19.3 Å². The molecule has 324 valence electrons. The first-order chi connectivity index (χ1) is 34.0. The van der Waals surface area contributed by atoms with Crippen LogP contribution in [0.5, 0.6) is 0 Å². The number of hydrogen-bond donors (Lipinski definition) is 0. The summed E-state index contributed by atoms with van der Waals surface area (Å²) in [7, 11) is 0. The minimum atomic E-state index is -0.195. The number of benzene rings is 9. The predicted octanol–water partition coefficient (Wildman–Crippen LogP) is 15.4. The van der Waals surface area contributed by atoms with Gasteiger partial charge in [0.25, 0.3) is 0 Å². The molecule has 8 heteroatoms. The van der Waals surface area contributed by atoms with Gasteiger partial charge in [0.05, 0.1) is 33.3 Å². The SMILES string of the molecule is CC1(C)c2ccccc2-c2ccc(-c3nc(-c4ccccc4)nc(-n4c5ccccc5c5ccc6c7ccccc7n(-c7cccc8nc(-c9cccc%10c9oc9ccccc9%10)oc78)c6c54)n3)cc21. The first-order valence-electron chi connectivity index (χ1n) is 23.3. The number of aromatic nitrogens is 6. The molecule has 0 saturated heterocycles.